The van der Waals surface area contributed by atoms with Crippen LogP contribution in [0.2, 0.25) is 5.02 Å². The Hall–Kier alpha value is -3.08. The molecule has 0 amide bonds. The van der Waals surface area contributed by atoms with Crippen molar-refractivity contribution < 1.29 is 37.7 Å². The van der Waals surface area contributed by atoms with Crippen LogP contribution in [-0.2, 0) is 4.79 Å². The largest absolute Gasteiger partial charge is 0.497 e. The zero-order chi connectivity index (χ0) is 28.2. The number of carbonyl (C=O) groups is 1. The molecule has 0 unspecified atom stereocenters. The smallest absolute Gasteiger partial charge is 0.303 e. The highest BCUT2D eigenvalue weighted by Gasteiger charge is 2.37. The molecule has 1 aliphatic heterocycles. The van der Waals surface area contributed by atoms with E-state index in [0.717, 1.165) is 0 Å². The standard InChI is InChI=1S/C28H30ClF3N2O5/c1-38-18-2-3-23-19(14-18)26(20(29)16-33-23)24(35)4-5-28(15-25(36)37)6-8-34(9-7-28)10-11-39-27-21(31)12-17(30)13-22(27)32/h2-3,12-14,16,24,35H,4-11,15H2,1H3,(H,36,37)/t24-/m0/s1. The SMILES string of the molecule is COc1ccc2ncc(Cl)c([C@@H](O)CCC3(CC(=O)O)CCN(CCOc4c(F)cc(F)cc4F)CC3)c2c1. The molecule has 4 rings (SSSR count). The predicted octanol–water partition coefficient (Wildman–Crippen LogP) is 5.76. The molecule has 39 heavy (non-hydrogen) atoms. The average molecular weight is 567 g/mol. The molecule has 3 aromatic rings. The molecule has 1 fully saturated rings. The summed E-state index contributed by atoms with van der Waals surface area (Å²) in [5.74, 6) is -4.17. The van der Waals surface area contributed by atoms with Crippen LogP contribution in [0.5, 0.6) is 11.5 Å². The average Bonchev–Trinajstić information content (AvgIpc) is 2.89. The quantitative estimate of drug-likeness (QED) is 0.305. The van der Waals surface area contributed by atoms with Gasteiger partial charge in [-0.2, -0.15) is 0 Å². The lowest BCUT2D eigenvalue weighted by atomic mass is 9.71. The third kappa shape index (κ3) is 6.93. The third-order valence-corrected chi connectivity index (χ3v) is 7.71. The minimum atomic E-state index is -1.11. The topological polar surface area (TPSA) is 92.1 Å². The molecule has 7 nitrogen and oxygen atoms in total. The van der Waals surface area contributed by atoms with Crippen molar-refractivity contribution in [2.45, 2.75) is 38.2 Å². The van der Waals surface area contributed by atoms with Gasteiger partial charge in [0.15, 0.2) is 17.4 Å². The third-order valence-electron chi connectivity index (χ3n) is 7.41. The first-order valence-corrected chi connectivity index (χ1v) is 13.0. The van der Waals surface area contributed by atoms with E-state index in [1.807, 2.05) is 4.90 Å². The van der Waals surface area contributed by atoms with Crippen molar-refractivity contribution in [2.24, 2.45) is 5.41 Å². The van der Waals surface area contributed by atoms with E-state index in [4.69, 9.17) is 21.1 Å². The van der Waals surface area contributed by atoms with Gasteiger partial charge in [-0.3, -0.25) is 14.7 Å². The lowest BCUT2D eigenvalue weighted by molar-refractivity contribution is -0.141. The Balaban J connectivity index is 1.39. The number of carboxylic acid groups (broad SMARTS) is 1. The number of aliphatic hydroxyl groups excluding tert-OH is 1. The van der Waals surface area contributed by atoms with Crippen LogP contribution in [0.25, 0.3) is 10.9 Å². The Morgan fingerprint density at radius 1 is 1.18 bits per heavy atom. The molecule has 2 N–H and O–H groups in total. The maximum atomic E-state index is 13.8. The fraction of sp³-hybridized carbons (Fsp3) is 0.429. The molecule has 210 valence electrons. The number of aliphatic carboxylic acids is 1. The van der Waals surface area contributed by atoms with Crippen LogP contribution in [0, 0.1) is 22.9 Å². The molecular formula is C28H30ClF3N2O5. The molecule has 2 aromatic carbocycles. The van der Waals surface area contributed by atoms with Crippen LogP contribution < -0.4 is 9.47 Å². The number of aliphatic hydroxyl groups is 1. The van der Waals surface area contributed by atoms with E-state index >= 15 is 0 Å². The zero-order valence-corrected chi connectivity index (χ0v) is 22.2. The first kappa shape index (κ1) is 28.9. The number of hydrogen-bond donors (Lipinski definition) is 2. The molecule has 11 heteroatoms. The molecule has 0 spiro atoms. The Bertz CT molecular complexity index is 1310. The Morgan fingerprint density at radius 3 is 2.51 bits per heavy atom. The number of benzene rings is 2. The number of piperidine rings is 1. The van der Waals surface area contributed by atoms with E-state index in [9.17, 15) is 28.2 Å². The fourth-order valence-electron chi connectivity index (χ4n) is 5.25. The van der Waals surface area contributed by atoms with Gasteiger partial charge in [0, 0.05) is 35.8 Å². The van der Waals surface area contributed by atoms with Gasteiger partial charge in [-0.25, -0.2) is 13.2 Å². The molecule has 1 atom stereocenters. The summed E-state index contributed by atoms with van der Waals surface area (Å²) in [6, 6.07) is 6.44. The van der Waals surface area contributed by atoms with E-state index in [-0.39, 0.29) is 13.0 Å². The van der Waals surface area contributed by atoms with Gasteiger partial charge in [0.05, 0.1) is 30.2 Å². The highest BCUT2D eigenvalue weighted by molar-refractivity contribution is 6.32. The van der Waals surface area contributed by atoms with Crippen LogP contribution in [0.3, 0.4) is 0 Å². The number of halogens is 4. The number of fused-ring (bicyclic) bond motifs is 1. The summed E-state index contributed by atoms with van der Waals surface area (Å²) >= 11 is 6.43. The molecule has 0 bridgehead atoms. The van der Waals surface area contributed by atoms with Crippen LogP contribution in [-0.4, -0.2) is 59.4 Å². The highest BCUT2D eigenvalue weighted by Crippen LogP contribution is 2.43. The highest BCUT2D eigenvalue weighted by atomic mass is 35.5. The van der Waals surface area contributed by atoms with Gasteiger partial charge in [-0.15, -0.1) is 0 Å². The minimum Gasteiger partial charge on any atom is -0.497 e. The number of hydrogen-bond acceptors (Lipinski definition) is 6. The van der Waals surface area contributed by atoms with Crippen molar-refractivity contribution in [3.8, 4) is 11.5 Å². The molecule has 0 radical (unpaired) electrons. The lowest BCUT2D eigenvalue weighted by Gasteiger charge is -2.41. The number of methoxy groups -OCH3 is 1. The second-order valence-corrected chi connectivity index (χ2v) is 10.3. The minimum absolute atomic E-state index is 0.0127. The van der Waals surface area contributed by atoms with Crippen LogP contribution in [0.4, 0.5) is 13.2 Å². The number of pyridine rings is 1. The van der Waals surface area contributed by atoms with Crippen molar-refractivity contribution in [1.82, 2.24) is 9.88 Å². The fourth-order valence-corrected chi connectivity index (χ4v) is 5.53. The number of nitrogens with zero attached hydrogens (tertiary/aromatic N) is 2. The summed E-state index contributed by atoms with van der Waals surface area (Å²) in [6.07, 6.45) is 2.39. The number of rotatable bonds is 11. The zero-order valence-electron chi connectivity index (χ0n) is 21.4. The summed E-state index contributed by atoms with van der Waals surface area (Å²) in [6.45, 7) is 1.46. The van der Waals surface area contributed by atoms with Gasteiger partial charge < -0.3 is 19.7 Å². The number of ether oxygens (including phenoxy) is 2. The second-order valence-electron chi connectivity index (χ2n) is 9.92. The van der Waals surface area contributed by atoms with Crippen LogP contribution in [0.15, 0.2) is 36.5 Å². The normalized spacial score (nSPS) is 16.3. The van der Waals surface area contributed by atoms with E-state index in [0.29, 0.717) is 84.7 Å². The number of likely N-dealkylation sites (tertiary alicyclic amines) is 1. The summed E-state index contributed by atoms with van der Waals surface area (Å²) in [5.41, 5.74) is 0.651. The Kier molecular flexibility index (Phi) is 9.19. The van der Waals surface area contributed by atoms with Gasteiger partial charge in [0.2, 0.25) is 0 Å². The van der Waals surface area contributed by atoms with Crippen molar-refractivity contribution >= 4 is 28.5 Å². The van der Waals surface area contributed by atoms with E-state index < -0.39 is 40.7 Å². The second kappa shape index (κ2) is 12.4. The van der Waals surface area contributed by atoms with Crippen LogP contribution >= 0.6 is 11.6 Å². The molecule has 0 aliphatic carbocycles. The molecular weight excluding hydrogens is 537 g/mol. The maximum Gasteiger partial charge on any atom is 0.303 e. The lowest BCUT2D eigenvalue weighted by Crippen LogP contribution is -2.42. The Morgan fingerprint density at radius 2 is 1.87 bits per heavy atom. The van der Waals surface area contributed by atoms with Crippen molar-refractivity contribution in [2.75, 3.05) is 33.4 Å². The van der Waals surface area contributed by atoms with Crippen molar-refractivity contribution in [1.29, 1.82) is 0 Å². The molecule has 2 heterocycles. The maximum absolute atomic E-state index is 13.8. The van der Waals surface area contributed by atoms with Gasteiger partial charge in [0.25, 0.3) is 0 Å². The first-order chi connectivity index (χ1) is 18.6. The number of carboxylic acids is 1. The predicted molar refractivity (Wildman–Crippen MR) is 140 cm³/mol. The van der Waals surface area contributed by atoms with Crippen LogP contribution in [0.1, 0.15) is 43.8 Å². The first-order valence-electron chi connectivity index (χ1n) is 12.6. The van der Waals surface area contributed by atoms with Gasteiger partial charge in [-0.05, 0) is 62.4 Å². The molecule has 1 saturated heterocycles. The van der Waals surface area contributed by atoms with Crippen molar-refractivity contribution in [3.63, 3.8) is 0 Å². The van der Waals surface area contributed by atoms with E-state index in [1.54, 1.807) is 25.3 Å². The van der Waals surface area contributed by atoms with Crippen molar-refractivity contribution in [3.05, 3.63) is 64.6 Å². The molecule has 1 aliphatic rings. The molecule has 0 saturated carbocycles. The van der Waals surface area contributed by atoms with E-state index in [1.165, 1.54) is 6.20 Å². The number of aromatic nitrogens is 1. The summed E-state index contributed by atoms with van der Waals surface area (Å²) in [5, 5.41) is 21.8. The van der Waals surface area contributed by atoms with Gasteiger partial charge >= 0.3 is 5.97 Å². The monoisotopic (exact) mass is 566 g/mol. The Labute approximate surface area is 229 Å². The summed E-state index contributed by atoms with van der Waals surface area (Å²) in [4.78, 5) is 18.1. The van der Waals surface area contributed by atoms with Gasteiger partial charge in [0.1, 0.15) is 18.2 Å². The van der Waals surface area contributed by atoms with Gasteiger partial charge in [-0.1, -0.05) is 11.6 Å². The summed E-state index contributed by atoms with van der Waals surface area (Å²) in [7, 11) is 1.54. The van der Waals surface area contributed by atoms with E-state index in [2.05, 4.69) is 4.98 Å². The molecule has 1 aromatic heterocycles. The summed E-state index contributed by atoms with van der Waals surface area (Å²) < 4.78 is 51.2.